The molecule has 1 aromatic rings. The summed E-state index contributed by atoms with van der Waals surface area (Å²) in [6.45, 7) is 3.85. The quantitative estimate of drug-likeness (QED) is 0.807. The number of fused-ring (bicyclic) bond motifs is 1. The SMILES string of the molecule is CCCCN1Cc2ccc(OC)cc2S1=O. The van der Waals surface area contributed by atoms with Gasteiger partial charge in [-0.05, 0) is 24.1 Å². The summed E-state index contributed by atoms with van der Waals surface area (Å²) < 4.78 is 19.3. The lowest BCUT2D eigenvalue weighted by Crippen LogP contribution is -2.20. The smallest absolute Gasteiger partial charge is 0.128 e. The van der Waals surface area contributed by atoms with Crippen LogP contribution in [0, 0.1) is 0 Å². The second-order valence-electron chi connectivity index (χ2n) is 3.94. The third kappa shape index (κ3) is 2.13. The maximum Gasteiger partial charge on any atom is 0.128 e. The maximum absolute atomic E-state index is 12.2. The summed E-state index contributed by atoms with van der Waals surface area (Å²) >= 11 is 0. The summed E-state index contributed by atoms with van der Waals surface area (Å²) in [5, 5.41) is 0. The van der Waals surface area contributed by atoms with Crippen molar-refractivity contribution in [2.75, 3.05) is 13.7 Å². The lowest BCUT2D eigenvalue weighted by atomic mass is 10.2. The monoisotopic (exact) mass is 239 g/mol. The van der Waals surface area contributed by atoms with Crippen LogP contribution in [0.3, 0.4) is 0 Å². The summed E-state index contributed by atoms with van der Waals surface area (Å²) in [5.41, 5.74) is 1.16. The second-order valence-corrected chi connectivity index (χ2v) is 5.39. The van der Waals surface area contributed by atoms with Gasteiger partial charge in [0, 0.05) is 13.1 Å². The molecule has 88 valence electrons. The minimum absolute atomic E-state index is 0.782. The first-order valence-corrected chi connectivity index (χ1v) is 6.70. The molecule has 1 aliphatic heterocycles. The van der Waals surface area contributed by atoms with Gasteiger partial charge in [-0.2, -0.15) is 0 Å². The number of hydrogen-bond acceptors (Lipinski definition) is 2. The molecule has 0 saturated heterocycles. The first-order chi connectivity index (χ1) is 7.76. The molecule has 0 bridgehead atoms. The minimum atomic E-state index is -0.996. The third-order valence-corrected chi connectivity index (χ3v) is 4.34. The maximum atomic E-state index is 12.2. The van der Waals surface area contributed by atoms with Crippen molar-refractivity contribution < 1.29 is 8.95 Å². The normalized spacial score (nSPS) is 19.8. The van der Waals surface area contributed by atoms with Crippen LogP contribution in [0.15, 0.2) is 23.1 Å². The molecule has 1 atom stereocenters. The summed E-state index contributed by atoms with van der Waals surface area (Å²) in [6, 6.07) is 5.83. The molecule has 1 aliphatic rings. The number of rotatable bonds is 4. The first-order valence-electron chi connectivity index (χ1n) is 5.60. The molecule has 0 N–H and O–H groups in total. The Labute approximate surface area is 99.0 Å². The molecule has 0 fully saturated rings. The number of methoxy groups -OCH3 is 1. The van der Waals surface area contributed by atoms with E-state index in [1.165, 1.54) is 0 Å². The topological polar surface area (TPSA) is 29.5 Å². The van der Waals surface area contributed by atoms with E-state index in [0.717, 1.165) is 42.1 Å². The Morgan fingerprint density at radius 3 is 3.00 bits per heavy atom. The highest BCUT2D eigenvalue weighted by Crippen LogP contribution is 2.30. The van der Waals surface area contributed by atoms with E-state index < -0.39 is 11.0 Å². The fourth-order valence-corrected chi connectivity index (χ4v) is 3.24. The summed E-state index contributed by atoms with van der Waals surface area (Å²) in [4.78, 5) is 0.912. The van der Waals surface area contributed by atoms with Crippen molar-refractivity contribution >= 4 is 11.0 Å². The van der Waals surface area contributed by atoms with E-state index in [-0.39, 0.29) is 0 Å². The van der Waals surface area contributed by atoms with Crippen molar-refractivity contribution in [1.82, 2.24) is 4.31 Å². The van der Waals surface area contributed by atoms with Crippen LogP contribution in [0.1, 0.15) is 25.3 Å². The molecule has 0 aliphatic carbocycles. The average molecular weight is 239 g/mol. The molecule has 3 nitrogen and oxygen atoms in total. The van der Waals surface area contributed by atoms with Crippen molar-refractivity contribution in [3.63, 3.8) is 0 Å². The van der Waals surface area contributed by atoms with Crippen LogP contribution in [0.4, 0.5) is 0 Å². The Morgan fingerprint density at radius 2 is 2.31 bits per heavy atom. The van der Waals surface area contributed by atoms with E-state index in [1.54, 1.807) is 7.11 Å². The zero-order valence-corrected chi connectivity index (χ0v) is 10.5. The predicted octanol–water partition coefficient (Wildman–Crippen LogP) is 2.33. The zero-order valence-electron chi connectivity index (χ0n) is 9.73. The highest BCUT2D eigenvalue weighted by Gasteiger charge is 2.26. The zero-order chi connectivity index (χ0) is 11.5. The number of hydrogen-bond donors (Lipinski definition) is 0. The van der Waals surface area contributed by atoms with E-state index in [2.05, 4.69) is 6.92 Å². The van der Waals surface area contributed by atoms with Crippen LogP contribution < -0.4 is 4.74 Å². The van der Waals surface area contributed by atoms with Gasteiger partial charge in [0.15, 0.2) is 0 Å². The number of benzene rings is 1. The van der Waals surface area contributed by atoms with Gasteiger partial charge >= 0.3 is 0 Å². The standard InChI is InChI=1S/C12H17NO2S/c1-3-4-7-13-9-10-5-6-11(15-2)8-12(10)16(13)14/h5-6,8H,3-4,7,9H2,1-2H3. The van der Waals surface area contributed by atoms with Crippen molar-refractivity contribution in [3.05, 3.63) is 23.8 Å². The van der Waals surface area contributed by atoms with Gasteiger partial charge in [0.05, 0.1) is 12.0 Å². The molecule has 4 heteroatoms. The Morgan fingerprint density at radius 1 is 1.50 bits per heavy atom. The average Bonchev–Trinajstić information content (AvgIpc) is 2.63. The molecule has 2 rings (SSSR count). The van der Waals surface area contributed by atoms with Gasteiger partial charge in [0.25, 0.3) is 0 Å². The lowest BCUT2D eigenvalue weighted by molar-refractivity contribution is 0.413. The minimum Gasteiger partial charge on any atom is -0.497 e. The van der Waals surface area contributed by atoms with Crippen LogP contribution in [-0.4, -0.2) is 22.2 Å². The Kier molecular flexibility index (Phi) is 3.61. The Bertz CT molecular complexity index is 406. The van der Waals surface area contributed by atoms with E-state index >= 15 is 0 Å². The van der Waals surface area contributed by atoms with E-state index in [1.807, 2.05) is 22.5 Å². The largest absolute Gasteiger partial charge is 0.497 e. The van der Waals surface area contributed by atoms with Gasteiger partial charge < -0.3 is 4.74 Å². The van der Waals surface area contributed by atoms with Crippen LogP contribution in [-0.2, 0) is 17.5 Å². The van der Waals surface area contributed by atoms with Crippen LogP contribution in [0.25, 0.3) is 0 Å². The van der Waals surface area contributed by atoms with Gasteiger partial charge in [-0.15, -0.1) is 0 Å². The van der Waals surface area contributed by atoms with E-state index in [4.69, 9.17) is 4.74 Å². The van der Waals surface area contributed by atoms with Crippen molar-refractivity contribution in [3.8, 4) is 5.75 Å². The molecule has 16 heavy (non-hydrogen) atoms. The van der Waals surface area contributed by atoms with Crippen molar-refractivity contribution in [2.24, 2.45) is 0 Å². The highest BCUT2D eigenvalue weighted by atomic mass is 32.2. The molecular weight excluding hydrogens is 222 g/mol. The second kappa shape index (κ2) is 4.97. The lowest BCUT2D eigenvalue weighted by Gasteiger charge is -2.11. The van der Waals surface area contributed by atoms with Gasteiger partial charge in [-0.1, -0.05) is 19.4 Å². The third-order valence-electron chi connectivity index (χ3n) is 2.80. The van der Waals surface area contributed by atoms with Gasteiger partial charge in [0.2, 0.25) is 0 Å². The summed E-state index contributed by atoms with van der Waals surface area (Å²) in [7, 11) is 0.638. The molecule has 0 spiro atoms. The fraction of sp³-hybridized carbons (Fsp3) is 0.500. The van der Waals surface area contributed by atoms with Gasteiger partial charge in [-0.25, -0.2) is 8.51 Å². The Balaban J connectivity index is 2.18. The van der Waals surface area contributed by atoms with Gasteiger partial charge in [0.1, 0.15) is 16.7 Å². The van der Waals surface area contributed by atoms with Crippen LogP contribution in [0.5, 0.6) is 5.75 Å². The summed E-state index contributed by atoms with van der Waals surface area (Å²) in [6.07, 6.45) is 2.23. The number of unbranched alkanes of at least 4 members (excludes halogenated alkanes) is 1. The fourth-order valence-electron chi connectivity index (χ4n) is 1.84. The Hall–Kier alpha value is -0.870. The molecule has 0 saturated carbocycles. The first kappa shape index (κ1) is 11.6. The molecular formula is C12H17NO2S. The van der Waals surface area contributed by atoms with Crippen LogP contribution in [0.2, 0.25) is 0 Å². The molecule has 1 unspecified atom stereocenters. The highest BCUT2D eigenvalue weighted by molar-refractivity contribution is 7.83. The number of ether oxygens (including phenoxy) is 1. The van der Waals surface area contributed by atoms with Crippen LogP contribution >= 0.6 is 0 Å². The van der Waals surface area contributed by atoms with Crippen molar-refractivity contribution in [1.29, 1.82) is 0 Å². The number of nitrogens with zero attached hydrogens (tertiary/aromatic N) is 1. The molecule has 0 radical (unpaired) electrons. The molecule has 1 aromatic carbocycles. The van der Waals surface area contributed by atoms with E-state index in [0.29, 0.717) is 0 Å². The molecule has 0 amide bonds. The summed E-state index contributed by atoms with van der Waals surface area (Å²) in [5.74, 6) is 0.782. The molecule has 1 heterocycles. The van der Waals surface area contributed by atoms with Crippen molar-refractivity contribution in [2.45, 2.75) is 31.2 Å². The van der Waals surface area contributed by atoms with E-state index in [9.17, 15) is 4.21 Å². The van der Waals surface area contributed by atoms with Gasteiger partial charge in [-0.3, -0.25) is 0 Å². The predicted molar refractivity (Wildman–Crippen MR) is 64.7 cm³/mol. The molecule has 0 aromatic heterocycles.